The van der Waals surface area contributed by atoms with Crippen LogP contribution in [0.15, 0.2) is 48.5 Å². The van der Waals surface area contributed by atoms with Gasteiger partial charge in [0.25, 0.3) is 0 Å². The van der Waals surface area contributed by atoms with E-state index in [1.807, 2.05) is 0 Å². The number of benzene rings is 2. The summed E-state index contributed by atoms with van der Waals surface area (Å²) in [7, 11) is -1.07. The molecular formula is C14H14BF2NO3. The van der Waals surface area contributed by atoms with Gasteiger partial charge in [0.15, 0.2) is 0 Å². The summed E-state index contributed by atoms with van der Waals surface area (Å²) >= 11 is 0. The third-order valence-corrected chi connectivity index (χ3v) is 2.46. The van der Waals surface area contributed by atoms with Crippen molar-refractivity contribution in [2.75, 3.05) is 13.2 Å². The first-order chi connectivity index (χ1) is 10.2. The van der Waals surface area contributed by atoms with Gasteiger partial charge in [-0.1, -0.05) is 0 Å². The van der Waals surface area contributed by atoms with Gasteiger partial charge in [-0.25, -0.2) is 8.78 Å². The van der Waals surface area contributed by atoms with Gasteiger partial charge >= 0.3 is 7.32 Å². The summed E-state index contributed by atoms with van der Waals surface area (Å²) in [6, 6.07) is 10.8. The van der Waals surface area contributed by atoms with Crippen molar-refractivity contribution < 1.29 is 22.7 Å². The molecule has 110 valence electrons. The van der Waals surface area contributed by atoms with Gasteiger partial charge in [-0.05, 0) is 48.5 Å². The van der Waals surface area contributed by atoms with E-state index in [-0.39, 0.29) is 24.8 Å². The second-order valence-corrected chi connectivity index (χ2v) is 4.09. The summed E-state index contributed by atoms with van der Waals surface area (Å²) < 4.78 is 41.9. The van der Waals surface area contributed by atoms with Crippen LogP contribution >= 0.6 is 0 Å². The predicted molar refractivity (Wildman–Crippen MR) is 74.8 cm³/mol. The second-order valence-electron chi connectivity index (χ2n) is 4.09. The molecule has 0 amide bonds. The minimum Gasteiger partial charge on any atom is -0.501 e. The van der Waals surface area contributed by atoms with Crippen molar-refractivity contribution in [2.45, 2.75) is 0 Å². The Labute approximate surface area is 121 Å². The highest BCUT2D eigenvalue weighted by molar-refractivity contribution is 6.38. The molecule has 0 saturated heterocycles. The third kappa shape index (κ3) is 5.05. The highest BCUT2D eigenvalue weighted by atomic mass is 19.1. The summed E-state index contributed by atoms with van der Waals surface area (Å²) in [5, 5.41) is 0. The molecule has 0 bridgehead atoms. The van der Waals surface area contributed by atoms with Crippen molar-refractivity contribution in [1.29, 1.82) is 0 Å². The smallest absolute Gasteiger partial charge is 0.501 e. The standard InChI is InChI=1S/C14H14BF2NO3/c16-11-1-5-13(6-2-11)20-15(19-10-9-18)21-14-7-3-12(17)4-8-14/h1-8H,9-10,18H2. The van der Waals surface area contributed by atoms with Crippen molar-refractivity contribution >= 4 is 7.32 Å². The molecular weight excluding hydrogens is 279 g/mol. The van der Waals surface area contributed by atoms with E-state index in [1.165, 1.54) is 48.5 Å². The zero-order valence-electron chi connectivity index (χ0n) is 11.2. The zero-order valence-corrected chi connectivity index (χ0v) is 11.2. The number of hydrogen-bond donors (Lipinski definition) is 1. The summed E-state index contributed by atoms with van der Waals surface area (Å²) in [4.78, 5) is 0. The first kappa shape index (κ1) is 15.3. The normalized spacial score (nSPS) is 10.2. The van der Waals surface area contributed by atoms with Crippen molar-refractivity contribution in [1.82, 2.24) is 0 Å². The lowest BCUT2D eigenvalue weighted by atomic mass is 10.2. The minimum absolute atomic E-state index is 0.215. The molecule has 2 aromatic carbocycles. The molecule has 2 rings (SSSR count). The number of hydrogen-bond acceptors (Lipinski definition) is 4. The molecule has 0 aliphatic rings. The molecule has 0 heterocycles. The minimum atomic E-state index is -1.07. The van der Waals surface area contributed by atoms with Crippen LogP contribution in [0.1, 0.15) is 0 Å². The van der Waals surface area contributed by atoms with E-state index in [1.54, 1.807) is 0 Å². The fourth-order valence-corrected chi connectivity index (χ4v) is 1.50. The molecule has 21 heavy (non-hydrogen) atoms. The fourth-order valence-electron chi connectivity index (χ4n) is 1.50. The van der Waals surface area contributed by atoms with Gasteiger partial charge in [0, 0.05) is 13.2 Å². The average molecular weight is 293 g/mol. The van der Waals surface area contributed by atoms with Gasteiger partial charge in [0.2, 0.25) is 0 Å². The quantitative estimate of drug-likeness (QED) is 0.796. The predicted octanol–water partition coefficient (Wildman–Crippen LogP) is 2.38. The van der Waals surface area contributed by atoms with Gasteiger partial charge in [-0.3, -0.25) is 0 Å². The fraction of sp³-hybridized carbons (Fsp3) is 0.143. The number of halogens is 2. The molecule has 0 atom stereocenters. The number of nitrogens with two attached hydrogens (primary N) is 1. The molecule has 7 heteroatoms. The zero-order chi connectivity index (χ0) is 15.1. The number of rotatable bonds is 7. The highest BCUT2D eigenvalue weighted by Crippen LogP contribution is 2.16. The molecule has 0 aromatic heterocycles. The maximum atomic E-state index is 12.8. The van der Waals surface area contributed by atoms with E-state index < -0.39 is 7.32 Å². The summed E-state index contributed by atoms with van der Waals surface area (Å²) in [5.41, 5.74) is 5.37. The Morgan fingerprint density at radius 1 is 0.810 bits per heavy atom. The Hall–Kier alpha value is -2.12. The summed E-state index contributed by atoms with van der Waals surface area (Å²) in [6.45, 7) is 0.503. The molecule has 2 N–H and O–H groups in total. The van der Waals surface area contributed by atoms with E-state index >= 15 is 0 Å². The van der Waals surface area contributed by atoms with Crippen molar-refractivity contribution in [3.63, 3.8) is 0 Å². The van der Waals surface area contributed by atoms with Crippen LogP contribution in [0, 0.1) is 11.6 Å². The topological polar surface area (TPSA) is 53.7 Å². The monoisotopic (exact) mass is 293 g/mol. The van der Waals surface area contributed by atoms with Crippen LogP contribution in [0.4, 0.5) is 8.78 Å². The molecule has 4 nitrogen and oxygen atoms in total. The van der Waals surface area contributed by atoms with Crippen LogP contribution in [0.3, 0.4) is 0 Å². The van der Waals surface area contributed by atoms with Crippen molar-refractivity contribution in [3.8, 4) is 11.5 Å². The van der Waals surface area contributed by atoms with Gasteiger partial charge in [-0.2, -0.15) is 0 Å². The molecule has 0 saturated carbocycles. The van der Waals surface area contributed by atoms with Crippen LogP contribution in [-0.4, -0.2) is 20.5 Å². The first-order valence-electron chi connectivity index (χ1n) is 6.33. The van der Waals surface area contributed by atoms with Gasteiger partial charge < -0.3 is 19.7 Å². The first-order valence-corrected chi connectivity index (χ1v) is 6.33. The van der Waals surface area contributed by atoms with Gasteiger partial charge in [0.05, 0.1) is 0 Å². The summed E-state index contributed by atoms with van der Waals surface area (Å²) in [6.07, 6.45) is 0. The van der Waals surface area contributed by atoms with E-state index in [0.29, 0.717) is 11.5 Å². The third-order valence-electron chi connectivity index (χ3n) is 2.46. The Balaban J connectivity index is 2.02. The SMILES string of the molecule is NCCOB(Oc1ccc(F)cc1)Oc1ccc(F)cc1. The lowest BCUT2D eigenvalue weighted by Gasteiger charge is -2.15. The molecule has 0 radical (unpaired) electrons. The van der Waals surface area contributed by atoms with Crippen molar-refractivity contribution in [2.24, 2.45) is 5.73 Å². The molecule has 0 spiro atoms. The van der Waals surface area contributed by atoms with E-state index in [0.717, 1.165) is 0 Å². The highest BCUT2D eigenvalue weighted by Gasteiger charge is 2.26. The molecule has 0 aliphatic carbocycles. The Morgan fingerprint density at radius 3 is 1.62 bits per heavy atom. The maximum absolute atomic E-state index is 12.8. The molecule has 0 unspecified atom stereocenters. The van der Waals surface area contributed by atoms with Crippen molar-refractivity contribution in [3.05, 3.63) is 60.2 Å². The van der Waals surface area contributed by atoms with E-state index in [2.05, 4.69) is 0 Å². The van der Waals surface area contributed by atoms with Crippen LogP contribution in [0.2, 0.25) is 0 Å². The average Bonchev–Trinajstić information content (AvgIpc) is 2.49. The Bertz CT molecular complexity index is 504. The Kier molecular flexibility index (Phi) is 5.54. The second kappa shape index (κ2) is 7.61. The van der Waals surface area contributed by atoms with E-state index in [9.17, 15) is 8.78 Å². The van der Waals surface area contributed by atoms with Gasteiger partial charge in [0.1, 0.15) is 23.1 Å². The maximum Gasteiger partial charge on any atom is 0.788 e. The van der Waals surface area contributed by atoms with Crippen LogP contribution in [0.25, 0.3) is 0 Å². The van der Waals surface area contributed by atoms with Crippen LogP contribution in [0.5, 0.6) is 11.5 Å². The lowest BCUT2D eigenvalue weighted by molar-refractivity contribution is 0.206. The lowest BCUT2D eigenvalue weighted by Crippen LogP contribution is -2.35. The van der Waals surface area contributed by atoms with Gasteiger partial charge in [-0.15, -0.1) is 0 Å². The molecule has 0 fully saturated rings. The van der Waals surface area contributed by atoms with E-state index in [4.69, 9.17) is 19.7 Å². The van der Waals surface area contributed by atoms with Crippen LogP contribution < -0.4 is 15.0 Å². The largest absolute Gasteiger partial charge is 0.788 e. The molecule has 0 aliphatic heterocycles. The van der Waals surface area contributed by atoms with Crippen LogP contribution in [-0.2, 0) is 4.65 Å². The molecule has 2 aromatic rings. The Morgan fingerprint density at radius 2 is 1.24 bits per heavy atom. The summed E-state index contributed by atoms with van der Waals surface area (Å²) in [5.74, 6) is 0.00326.